The molecule has 2 aromatic rings. The number of anilines is 1. The van der Waals surface area contributed by atoms with Crippen molar-refractivity contribution in [3.8, 4) is 5.75 Å². The van der Waals surface area contributed by atoms with Crippen molar-refractivity contribution in [3.05, 3.63) is 53.7 Å². The molecule has 3 fully saturated rings. The fourth-order valence-corrected chi connectivity index (χ4v) is 7.43. The second kappa shape index (κ2) is 12.4. The van der Waals surface area contributed by atoms with Gasteiger partial charge in [-0.3, -0.25) is 4.79 Å². The van der Waals surface area contributed by atoms with Gasteiger partial charge in [0.1, 0.15) is 17.6 Å². The maximum absolute atomic E-state index is 14.3. The van der Waals surface area contributed by atoms with E-state index >= 15 is 0 Å². The third-order valence-corrected chi connectivity index (χ3v) is 9.38. The highest BCUT2D eigenvalue weighted by molar-refractivity contribution is 5.87. The van der Waals surface area contributed by atoms with Crippen molar-refractivity contribution < 1.29 is 19.4 Å². The lowest BCUT2D eigenvalue weighted by Crippen LogP contribution is -2.49. The van der Waals surface area contributed by atoms with Crippen LogP contribution in [0.3, 0.4) is 0 Å². The molecule has 4 atom stereocenters. The summed E-state index contributed by atoms with van der Waals surface area (Å²) in [5.74, 6) is 0.255. The molecule has 5 rings (SSSR count). The predicted octanol–water partition coefficient (Wildman–Crippen LogP) is 5.43. The molecule has 8 heteroatoms. The van der Waals surface area contributed by atoms with E-state index in [4.69, 9.17) is 4.74 Å². The Morgan fingerprint density at radius 2 is 1.73 bits per heavy atom. The Kier molecular flexibility index (Phi) is 8.88. The number of nitrogens with one attached hydrogen (secondary N) is 1. The van der Waals surface area contributed by atoms with E-state index in [1.807, 2.05) is 30.3 Å². The molecule has 0 bridgehead atoms. The third kappa shape index (κ3) is 6.08. The van der Waals surface area contributed by atoms with Gasteiger partial charge in [-0.2, -0.15) is 0 Å². The smallest absolute Gasteiger partial charge is 0.326 e. The first-order valence-corrected chi connectivity index (χ1v) is 15.3. The van der Waals surface area contributed by atoms with Crippen LogP contribution in [0.5, 0.6) is 5.75 Å². The maximum atomic E-state index is 14.3. The third-order valence-electron chi connectivity index (χ3n) is 9.38. The van der Waals surface area contributed by atoms with Crippen LogP contribution in [-0.4, -0.2) is 59.1 Å². The van der Waals surface area contributed by atoms with Crippen LogP contribution in [-0.2, 0) is 16.1 Å². The minimum absolute atomic E-state index is 0.0117. The molecule has 1 saturated carbocycles. The molecule has 0 unspecified atom stereocenters. The van der Waals surface area contributed by atoms with Crippen LogP contribution in [0, 0.1) is 17.3 Å². The molecule has 0 radical (unpaired) electrons. The molecule has 41 heavy (non-hydrogen) atoms. The quantitative estimate of drug-likeness (QED) is 0.443. The van der Waals surface area contributed by atoms with Crippen molar-refractivity contribution in [1.29, 1.82) is 0 Å². The zero-order valence-corrected chi connectivity index (χ0v) is 25.0. The molecule has 2 N–H and O–H groups in total. The van der Waals surface area contributed by atoms with E-state index in [1.165, 1.54) is 0 Å². The lowest BCUT2D eigenvalue weighted by atomic mass is 9.72. The SMILES string of the molecule is COc1cnc(N2CCCC2)cc1CN[C@H]1[C@H](C(C)(C)C)[C@@H](C(=O)O)N(C(=O)C2CCCCC2)[C@H]1c1ccccc1. The van der Waals surface area contributed by atoms with Gasteiger partial charge < -0.3 is 25.0 Å². The van der Waals surface area contributed by atoms with Gasteiger partial charge >= 0.3 is 5.97 Å². The minimum Gasteiger partial charge on any atom is -0.495 e. The van der Waals surface area contributed by atoms with E-state index in [1.54, 1.807) is 18.2 Å². The number of nitrogens with zero attached hydrogens (tertiary/aromatic N) is 3. The average molecular weight is 563 g/mol. The van der Waals surface area contributed by atoms with Gasteiger partial charge in [0, 0.05) is 43.1 Å². The number of benzene rings is 1. The molecule has 222 valence electrons. The summed E-state index contributed by atoms with van der Waals surface area (Å²) >= 11 is 0. The standard InChI is InChI=1S/C33H46N4O4/c1-33(2,3)27-28(35-20-24-19-26(34-21-25(24)41-4)36-17-11-12-18-36)29(22-13-7-5-8-14-22)37(30(27)32(39)40)31(38)23-15-9-6-10-16-23/h5,7-8,13-14,19,21,23,27-30,35H,6,9-12,15-18,20H2,1-4H3,(H,39,40)/t27-,28-,29-,30-/m0/s1. The number of carbonyl (C=O) groups is 2. The van der Waals surface area contributed by atoms with Crippen LogP contribution >= 0.6 is 0 Å². The van der Waals surface area contributed by atoms with E-state index in [0.29, 0.717) is 12.3 Å². The summed E-state index contributed by atoms with van der Waals surface area (Å²) in [5, 5.41) is 14.5. The van der Waals surface area contributed by atoms with Crippen LogP contribution in [0.4, 0.5) is 5.82 Å². The van der Waals surface area contributed by atoms with Crippen molar-refractivity contribution in [2.75, 3.05) is 25.1 Å². The fourth-order valence-electron chi connectivity index (χ4n) is 7.43. The van der Waals surface area contributed by atoms with Crippen molar-refractivity contribution in [2.45, 2.75) is 90.4 Å². The molecular formula is C33H46N4O4. The highest BCUT2D eigenvalue weighted by Crippen LogP contribution is 2.49. The number of rotatable bonds is 8. The number of hydrogen-bond acceptors (Lipinski definition) is 6. The maximum Gasteiger partial charge on any atom is 0.326 e. The van der Waals surface area contributed by atoms with Gasteiger partial charge in [0.05, 0.1) is 19.3 Å². The lowest BCUT2D eigenvalue weighted by molar-refractivity contribution is -0.154. The minimum atomic E-state index is -0.933. The molecule has 3 aliphatic rings. The van der Waals surface area contributed by atoms with E-state index < -0.39 is 18.1 Å². The van der Waals surface area contributed by atoms with E-state index in [2.05, 4.69) is 42.0 Å². The van der Waals surface area contributed by atoms with Gasteiger partial charge in [-0.15, -0.1) is 0 Å². The van der Waals surface area contributed by atoms with Crippen molar-refractivity contribution in [3.63, 3.8) is 0 Å². The van der Waals surface area contributed by atoms with Crippen LogP contribution in [0.2, 0.25) is 0 Å². The summed E-state index contributed by atoms with van der Waals surface area (Å²) in [6, 6.07) is 10.5. The van der Waals surface area contributed by atoms with Crippen LogP contribution in [0.15, 0.2) is 42.6 Å². The Bertz CT molecular complexity index is 1200. The van der Waals surface area contributed by atoms with Gasteiger partial charge in [0.15, 0.2) is 0 Å². The molecule has 8 nitrogen and oxygen atoms in total. The molecule has 1 aromatic heterocycles. The molecule has 1 amide bonds. The number of hydrogen-bond donors (Lipinski definition) is 2. The second-order valence-electron chi connectivity index (χ2n) is 13.1. The number of aromatic nitrogens is 1. The predicted molar refractivity (Wildman–Crippen MR) is 160 cm³/mol. The number of amides is 1. The molecular weight excluding hydrogens is 516 g/mol. The molecule has 3 heterocycles. The number of carboxylic acids is 1. The summed E-state index contributed by atoms with van der Waals surface area (Å²) in [4.78, 5) is 36.1. The molecule has 1 aromatic carbocycles. The van der Waals surface area contributed by atoms with Crippen LogP contribution in [0.1, 0.15) is 82.9 Å². The Morgan fingerprint density at radius 3 is 2.34 bits per heavy atom. The van der Waals surface area contributed by atoms with Gasteiger partial charge in [-0.05, 0) is 42.7 Å². The zero-order valence-electron chi connectivity index (χ0n) is 25.0. The number of carbonyl (C=O) groups excluding carboxylic acids is 1. The highest BCUT2D eigenvalue weighted by atomic mass is 16.5. The first-order valence-electron chi connectivity index (χ1n) is 15.3. The van der Waals surface area contributed by atoms with Crippen molar-refractivity contribution in [2.24, 2.45) is 17.3 Å². The van der Waals surface area contributed by atoms with E-state index in [9.17, 15) is 14.7 Å². The van der Waals surface area contributed by atoms with E-state index in [-0.39, 0.29) is 29.2 Å². The van der Waals surface area contributed by atoms with E-state index in [0.717, 1.165) is 75.0 Å². The van der Waals surface area contributed by atoms with Crippen LogP contribution < -0.4 is 15.0 Å². The number of pyridine rings is 1. The summed E-state index contributed by atoms with van der Waals surface area (Å²) in [6.07, 6.45) is 8.94. The first-order chi connectivity index (χ1) is 19.7. The topological polar surface area (TPSA) is 95.0 Å². The van der Waals surface area contributed by atoms with Gasteiger partial charge in [-0.1, -0.05) is 70.4 Å². The monoisotopic (exact) mass is 562 g/mol. The molecule has 0 spiro atoms. The zero-order chi connectivity index (χ0) is 29.1. The Morgan fingerprint density at radius 1 is 1.05 bits per heavy atom. The van der Waals surface area contributed by atoms with Gasteiger partial charge in [0.25, 0.3) is 0 Å². The summed E-state index contributed by atoms with van der Waals surface area (Å²) in [5.41, 5.74) is 1.57. The number of ether oxygens (including phenoxy) is 1. The molecule has 1 aliphatic carbocycles. The summed E-state index contributed by atoms with van der Waals surface area (Å²) in [6.45, 7) is 8.75. The number of carboxylic acid groups (broad SMARTS) is 1. The summed E-state index contributed by atoms with van der Waals surface area (Å²) in [7, 11) is 1.65. The number of aliphatic carboxylic acids is 1. The molecule has 2 saturated heterocycles. The normalized spacial score (nSPS) is 25.5. The van der Waals surface area contributed by atoms with Crippen molar-refractivity contribution >= 4 is 17.7 Å². The second-order valence-corrected chi connectivity index (χ2v) is 13.1. The molecule has 2 aliphatic heterocycles. The van der Waals surface area contributed by atoms with Gasteiger partial charge in [-0.25, -0.2) is 9.78 Å². The average Bonchev–Trinajstić information content (AvgIpc) is 3.63. The number of methoxy groups -OCH3 is 1. The number of likely N-dealkylation sites (tertiary alicyclic amines) is 1. The largest absolute Gasteiger partial charge is 0.495 e. The van der Waals surface area contributed by atoms with Gasteiger partial charge in [0.2, 0.25) is 5.91 Å². The van der Waals surface area contributed by atoms with Crippen LogP contribution in [0.25, 0.3) is 0 Å². The first kappa shape index (κ1) is 29.4. The summed E-state index contributed by atoms with van der Waals surface area (Å²) < 4.78 is 5.70. The Hall–Kier alpha value is -3.13. The highest BCUT2D eigenvalue weighted by Gasteiger charge is 2.58. The Balaban J connectivity index is 1.55. The lowest BCUT2D eigenvalue weighted by Gasteiger charge is -2.36. The Labute approximate surface area is 244 Å². The van der Waals surface area contributed by atoms with Crippen molar-refractivity contribution in [1.82, 2.24) is 15.2 Å². The fraction of sp³-hybridized carbons (Fsp3) is 0.606.